The topological polar surface area (TPSA) is 67.8 Å². The third-order valence-corrected chi connectivity index (χ3v) is 6.78. The summed E-state index contributed by atoms with van der Waals surface area (Å²) in [6, 6.07) is 18.1. The molecule has 1 aliphatic heterocycles. The van der Waals surface area contributed by atoms with Gasteiger partial charge in [0.05, 0.1) is 0 Å². The highest BCUT2D eigenvalue weighted by Crippen LogP contribution is 2.43. The SMILES string of the molecule is CCO[C@H]1OC(C(=O)NCc2ccccc2)=C[C@@H](c2csc3ccccc23)[C@H]1CCCO. The maximum Gasteiger partial charge on any atom is 0.286 e. The van der Waals surface area contributed by atoms with Crippen molar-refractivity contribution in [2.24, 2.45) is 5.92 Å². The number of ether oxygens (including phenoxy) is 2. The van der Waals surface area contributed by atoms with E-state index >= 15 is 0 Å². The molecule has 1 amide bonds. The van der Waals surface area contributed by atoms with E-state index in [2.05, 4.69) is 22.8 Å². The van der Waals surface area contributed by atoms with Crippen molar-refractivity contribution in [3.05, 3.63) is 82.9 Å². The molecule has 1 aliphatic rings. The number of amides is 1. The number of rotatable bonds is 9. The molecule has 3 atom stereocenters. The normalized spacial score (nSPS) is 20.6. The van der Waals surface area contributed by atoms with E-state index in [4.69, 9.17) is 9.47 Å². The predicted octanol–water partition coefficient (Wildman–Crippen LogP) is 4.97. The molecule has 168 valence electrons. The van der Waals surface area contributed by atoms with E-state index in [1.807, 2.05) is 55.5 Å². The summed E-state index contributed by atoms with van der Waals surface area (Å²) < 4.78 is 13.2. The first-order chi connectivity index (χ1) is 15.7. The van der Waals surface area contributed by atoms with Crippen LogP contribution in [0.5, 0.6) is 0 Å². The Balaban J connectivity index is 1.65. The van der Waals surface area contributed by atoms with Gasteiger partial charge in [0, 0.05) is 36.3 Å². The summed E-state index contributed by atoms with van der Waals surface area (Å²) >= 11 is 1.70. The summed E-state index contributed by atoms with van der Waals surface area (Å²) in [6.45, 7) is 2.95. The van der Waals surface area contributed by atoms with Gasteiger partial charge in [0.2, 0.25) is 6.29 Å². The smallest absolute Gasteiger partial charge is 0.286 e. The Labute approximate surface area is 192 Å². The van der Waals surface area contributed by atoms with Crippen molar-refractivity contribution in [1.29, 1.82) is 0 Å². The van der Waals surface area contributed by atoms with Gasteiger partial charge in [0.15, 0.2) is 5.76 Å². The van der Waals surface area contributed by atoms with Gasteiger partial charge in [-0.2, -0.15) is 0 Å². The summed E-state index contributed by atoms with van der Waals surface area (Å²) in [5, 5.41) is 15.8. The minimum absolute atomic E-state index is 0.00535. The Kier molecular flexibility index (Phi) is 7.58. The molecule has 0 saturated carbocycles. The zero-order valence-corrected chi connectivity index (χ0v) is 19.0. The van der Waals surface area contributed by atoms with E-state index in [-0.39, 0.29) is 24.3 Å². The summed E-state index contributed by atoms with van der Waals surface area (Å²) in [4.78, 5) is 13.0. The van der Waals surface area contributed by atoms with Crippen molar-refractivity contribution in [2.75, 3.05) is 13.2 Å². The fraction of sp³-hybridized carbons (Fsp3) is 0.346. The first-order valence-corrected chi connectivity index (χ1v) is 12.0. The van der Waals surface area contributed by atoms with Crippen LogP contribution in [-0.4, -0.2) is 30.5 Å². The van der Waals surface area contributed by atoms with Crippen LogP contribution in [0.3, 0.4) is 0 Å². The molecule has 2 aromatic carbocycles. The van der Waals surface area contributed by atoms with Crippen molar-refractivity contribution >= 4 is 27.3 Å². The lowest BCUT2D eigenvalue weighted by atomic mass is 9.80. The van der Waals surface area contributed by atoms with E-state index in [1.54, 1.807) is 11.3 Å². The molecule has 0 saturated heterocycles. The number of fused-ring (bicyclic) bond motifs is 1. The molecule has 2 N–H and O–H groups in total. The average Bonchev–Trinajstić information content (AvgIpc) is 3.26. The second-order valence-corrected chi connectivity index (χ2v) is 8.79. The van der Waals surface area contributed by atoms with Crippen LogP contribution in [0.4, 0.5) is 0 Å². The summed E-state index contributed by atoms with van der Waals surface area (Å²) in [5.74, 6) is 0.00913. The molecule has 32 heavy (non-hydrogen) atoms. The van der Waals surface area contributed by atoms with Gasteiger partial charge in [0.25, 0.3) is 5.91 Å². The maximum atomic E-state index is 13.0. The largest absolute Gasteiger partial charge is 0.459 e. The van der Waals surface area contributed by atoms with E-state index in [9.17, 15) is 9.90 Å². The lowest BCUT2D eigenvalue weighted by Gasteiger charge is -2.36. The highest BCUT2D eigenvalue weighted by Gasteiger charge is 2.38. The van der Waals surface area contributed by atoms with Crippen LogP contribution in [0.1, 0.15) is 36.8 Å². The second kappa shape index (κ2) is 10.8. The predicted molar refractivity (Wildman–Crippen MR) is 127 cm³/mol. The van der Waals surface area contributed by atoms with Crippen LogP contribution >= 0.6 is 11.3 Å². The molecule has 4 rings (SSSR count). The quantitative estimate of drug-likeness (QED) is 0.482. The standard InChI is InChI=1S/C26H29NO4S/c1-2-30-26-20(12-8-14-28)21(22-17-32-24-13-7-6-11-19(22)24)15-23(31-26)25(29)27-16-18-9-4-3-5-10-18/h3-7,9-11,13,15,17,20-21,26,28H,2,8,12,14,16H2,1H3,(H,27,29)/t20-,21-,26+/m1/s1. The number of aliphatic hydroxyl groups excluding tert-OH is 1. The number of nitrogens with one attached hydrogen (secondary N) is 1. The van der Waals surface area contributed by atoms with E-state index in [0.717, 1.165) is 12.0 Å². The van der Waals surface area contributed by atoms with Crippen LogP contribution in [-0.2, 0) is 20.8 Å². The Morgan fingerprint density at radius 3 is 2.72 bits per heavy atom. The third kappa shape index (κ3) is 5.04. The van der Waals surface area contributed by atoms with Crippen molar-refractivity contribution in [1.82, 2.24) is 5.32 Å². The van der Waals surface area contributed by atoms with Gasteiger partial charge in [-0.15, -0.1) is 11.3 Å². The Bertz CT molecular complexity index is 1060. The lowest BCUT2D eigenvalue weighted by molar-refractivity contribution is -0.166. The summed E-state index contributed by atoms with van der Waals surface area (Å²) in [5.41, 5.74) is 2.20. The molecule has 0 fully saturated rings. The fourth-order valence-corrected chi connectivity index (χ4v) is 5.25. The highest BCUT2D eigenvalue weighted by atomic mass is 32.1. The molecule has 5 nitrogen and oxygen atoms in total. The highest BCUT2D eigenvalue weighted by molar-refractivity contribution is 7.17. The zero-order chi connectivity index (χ0) is 22.3. The first-order valence-electron chi connectivity index (χ1n) is 11.1. The van der Waals surface area contributed by atoms with Gasteiger partial charge in [-0.3, -0.25) is 4.79 Å². The number of allylic oxidation sites excluding steroid dienone is 1. The number of aliphatic hydroxyl groups is 1. The Morgan fingerprint density at radius 1 is 1.16 bits per heavy atom. The zero-order valence-electron chi connectivity index (χ0n) is 18.2. The number of hydrogen-bond acceptors (Lipinski definition) is 5. The van der Waals surface area contributed by atoms with Crippen LogP contribution in [0.2, 0.25) is 0 Å². The fourth-order valence-electron chi connectivity index (χ4n) is 4.24. The first kappa shape index (κ1) is 22.5. The van der Waals surface area contributed by atoms with Crippen molar-refractivity contribution in [3.63, 3.8) is 0 Å². The van der Waals surface area contributed by atoms with Gasteiger partial charge in [-0.1, -0.05) is 48.5 Å². The lowest BCUT2D eigenvalue weighted by Crippen LogP contribution is -2.38. The van der Waals surface area contributed by atoms with Gasteiger partial charge >= 0.3 is 0 Å². The van der Waals surface area contributed by atoms with Crippen molar-refractivity contribution in [3.8, 4) is 0 Å². The maximum absolute atomic E-state index is 13.0. The van der Waals surface area contributed by atoms with Gasteiger partial charge in [0.1, 0.15) is 0 Å². The number of hydrogen-bond donors (Lipinski definition) is 2. The molecule has 0 aliphatic carbocycles. The molecule has 0 bridgehead atoms. The molecule has 0 spiro atoms. The minimum Gasteiger partial charge on any atom is -0.459 e. The number of thiophene rings is 1. The van der Waals surface area contributed by atoms with Gasteiger partial charge < -0.3 is 19.9 Å². The van der Waals surface area contributed by atoms with Gasteiger partial charge in [-0.25, -0.2) is 0 Å². The molecular formula is C26H29NO4S. The van der Waals surface area contributed by atoms with Crippen LogP contribution < -0.4 is 5.32 Å². The molecule has 3 aromatic rings. The molecule has 0 radical (unpaired) electrons. The number of carbonyl (C=O) groups excluding carboxylic acids is 1. The molecule has 2 heterocycles. The molecule has 6 heteroatoms. The third-order valence-electron chi connectivity index (χ3n) is 5.80. The van der Waals surface area contributed by atoms with Crippen LogP contribution in [0.25, 0.3) is 10.1 Å². The number of benzene rings is 2. The molecule has 1 aromatic heterocycles. The van der Waals surface area contributed by atoms with Crippen molar-refractivity contribution in [2.45, 2.75) is 38.5 Å². The Morgan fingerprint density at radius 2 is 1.94 bits per heavy atom. The monoisotopic (exact) mass is 451 g/mol. The van der Waals surface area contributed by atoms with Crippen LogP contribution in [0, 0.1) is 5.92 Å². The summed E-state index contributed by atoms with van der Waals surface area (Å²) in [6.07, 6.45) is 2.79. The van der Waals surface area contributed by atoms with E-state index < -0.39 is 6.29 Å². The van der Waals surface area contributed by atoms with Crippen molar-refractivity contribution < 1.29 is 19.4 Å². The Hall–Kier alpha value is -2.67. The average molecular weight is 452 g/mol. The summed E-state index contributed by atoms with van der Waals surface area (Å²) in [7, 11) is 0. The van der Waals surface area contributed by atoms with E-state index in [0.29, 0.717) is 25.3 Å². The molecule has 0 unspecified atom stereocenters. The molecular weight excluding hydrogens is 422 g/mol. The minimum atomic E-state index is -0.544. The van der Waals surface area contributed by atoms with E-state index in [1.165, 1.54) is 15.6 Å². The van der Waals surface area contributed by atoms with Gasteiger partial charge in [-0.05, 0) is 53.8 Å². The second-order valence-electron chi connectivity index (χ2n) is 7.88. The van der Waals surface area contributed by atoms with Crippen LogP contribution in [0.15, 0.2) is 71.8 Å². The number of carbonyl (C=O) groups is 1.